The maximum Gasteiger partial charge on any atom is 0.234 e. The van der Waals surface area contributed by atoms with E-state index in [2.05, 4.69) is 20.8 Å². The number of thioether (sulfide) groups is 1. The number of hydrogen-bond acceptors (Lipinski definition) is 5. The van der Waals surface area contributed by atoms with E-state index in [-0.39, 0.29) is 22.6 Å². The zero-order valence-corrected chi connectivity index (χ0v) is 18.1. The topological polar surface area (TPSA) is 88.9 Å². The van der Waals surface area contributed by atoms with Gasteiger partial charge < -0.3 is 10.6 Å². The monoisotopic (exact) mass is 459 g/mol. The first kappa shape index (κ1) is 21.3. The normalized spacial score (nSPS) is 13.1. The molecule has 2 aromatic carbocycles. The van der Waals surface area contributed by atoms with Crippen molar-refractivity contribution in [2.45, 2.75) is 30.8 Å². The van der Waals surface area contributed by atoms with Crippen molar-refractivity contribution in [3.8, 4) is 5.69 Å². The van der Waals surface area contributed by atoms with Crippen molar-refractivity contribution in [3.63, 3.8) is 0 Å². The Labute approximate surface area is 187 Å². The van der Waals surface area contributed by atoms with Crippen LogP contribution in [0.4, 0.5) is 15.8 Å². The van der Waals surface area contributed by atoms with Crippen LogP contribution < -0.4 is 10.6 Å². The number of anilines is 2. The molecule has 0 unspecified atom stereocenters. The predicted octanol–water partition coefficient (Wildman–Crippen LogP) is 4.63. The highest BCUT2D eigenvalue weighted by molar-refractivity contribution is 7.99. The fraction of sp³-hybridized carbons (Fsp3) is 0.238. The zero-order chi connectivity index (χ0) is 22.0. The molecule has 0 radical (unpaired) electrons. The van der Waals surface area contributed by atoms with Crippen LogP contribution in [0.1, 0.15) is 31.5 Å². The number of nitrogens with zero attached hydrogens (tertiary/aromatic N) is 3. The van der Waals surface area contributed by atoms with Crippen LogP contribution in [0.15, 0.2) is 47.6 Å². The summed E-state index contributed by atoms with van der Waals surface area (Å²) < 4.78 is 15.2. The minimum absolute atomic E-state index is 0.0571. The molecule has 1 aromatic heterocycles. The Kier molecular flexibility index (Phi) is 6.24. The number of rotatable bonds is 7. The Balaban J connectivity index is 1.52. The van der Waals surface area contributed by atoms with Crippen LogP contribution in [0.5, 0.6) is 0 Å². The third-order valence-electron chi connectivity index (χ3n) is 4.56. The van der Waals surface area contributed by atoms with E-state index in [1.165, 1.54) is 36.9 Å². The standard InChI is InChI=1S/C21H19ClFN5O2S/c1-12(29)24-14-3-2-4-16(9-14)28-20(13-5-6-13)26-27-21(28)31-11-19(30)25-15-7-8-18(23)17(22)10-15/h2-4,7-10,13H,5-6,11H2,1H3,(H,24,29)(H,25,30). The lowest BCUT2D eigenvalue weighted by molar-refractivity contribution is -0.114. The van der Waals surface area contributed by atoms with E-state index >= 15 is 0 Å². The van der Waals surface area contributed by atoms with Crippen molar-refractivity contribution in [3.05, 3.63) is 59.1 Å². The van der Waals surface area contributed by atoms with Crippen molar-refractivity contribution in [2.24, 2.45) is 0 Å². The molecule has 160 valence electrons. The zero-order valence-electron chi connectivity index (χ0n) is 16.6. The van der Waals surface area contributed by atoms with Crippen LogP contribution in [-0.2, 0) is 9.59 Å². The van der Waals surface area contributed by atoms with Crippen molar-refractivity contribution in [1.29, 1.82) is 0 Å². The summed E-state index contributed by atoms with van der Waals surface area (Å²) in [7, 11) is 0. The van der Waals surface area contributed by atoms with E-state index in [0.717, 1.165) is 24.4 Å². The lowest BCUT2D eigenvalue weighted by Gasteiger charge is -2.12. The number of amides is 2. The van der Waals surface area contributed by atoms with Gasteiger partial charge in [0.25, 0.3) is 0 Å². The summed E-state index contributed by atoms with van der Waals surface area (Å²) in [5.74, 6) is 0.284. The molecule has 1 aliphatic rings. The number of hydrogen-bond donors (Lipinski definition) is 2. The summed E-state index contributed by atoms with van der Waals surface area (Å²) in [4.78, 5) is 23.8. The molecular formula is C21H19ClFN5O2S. The van der Waals surface area contributed by atoms with Crippen LogP contribution in [0.3, 0.4) is 0 Å². The first-order valence-electron chi connectivity index (χ1n) is 9.62. The molecule has 1 saturated carbocycles. The van der Waals surface area contributed by atoms with Crippen molar-refractivity contribution >= 4 is 46.6 Å². The van der Waals surface area contributed by atoms with Gasteiger partial charge in [-0.15, -0.1) is 10.2 Å². The van der Waals surface area contributed by atoms with Gasteiger partial charge in [0, 0.05) is 24.2 Å². The van der Waals surface area contributed by atoms with Crippen LogP contribution in [0.2, 0.25) is 5.02 Å². The van der Waals surface area contributed by atoms with Crippen LogP contribution in [-0.4, -0.2) is 32.3 Å². The van der Waals surface area contributed by atoms with Gasteiger partial charge in [0.1, 0.15) is 11.6 Å². The Morgan fingerprint density at radius 2 is 1.94 bits per heavy atom. The highest BCUT2D eigenvalue weighted by Crippen LogP contribution is 2.41. The van der Waals surface area contributed by atoms with E-state index in [1.807, 2.05) is 22.8 Å². The second-order valence-corrected chi connectivity index (χ2v) is 8.50. The molecule has 0 atom stereocenters. The number of aromatic nitrogens is 3. The molecule has 3 aromatic rings. The molecule has 4 rings (SSSR count). The second-order valence-electron chi connectivity index (χ2n) is 7.15. The summed E-state index contributed by atoms with van der Waals surface area (Å²) in [6.45, 7) is 1.45. The van der Waals surface area contributed by atoms with Gasteiger partial charge in [-0.05, 0) is 49.2 Å². The number of carbonyl (C=O) groups excluding carboxylic acids is 2. The molecular weight excluding hydrogens is 441 g/mol. The Hall–Kier alpha value is -2.91. The number of halogens is 2. The van der Waals surface area contributed by atoms with E-state index in [0.29, 0.717) is 22.4 Å². The quantitative estimate of drug-likeness (QED) is 0.503. The number of benzene rings is 2. The molecule has 0 aliphatic heterocycles. The van der Waals surface area contributed by atoms with Gasteiger partial charge in [-0.3, -0.25) is 14.2 Å². The van der Waals surface area contributed by atoms with Gasteiger partial charge in [-0.1, -0.05) is 29.4 Å². The Bertz CT molecular complexity index is 1150. The molecule has 0 saturated heterocycles. The van der Waals surface area contributed by atoms with Crippen molar-refractivity contribution in [1.82, 2.24) is 14.8 Å². The molecule has 7 nitrogen and oxygen atoms in total. The van der Waals surface area contributed by atoms with Crippen LogP contribution >= 0.6 is 23.4 Å². The lowest BCUT2D eigenvalue weighted by atomic mass is 10.2. The van der Waals surface area contributed by atoms with Crippen molar-refractivity contribution < 1.29 is 14.0 Å². The highest BCUT2D eigenvalue weighted by atomic mass is 35.5. The van der Waals surface area contributed by atoms with E-state index < -0.39 is 5.82 Å². The van der Waals surface area contributed by atoms with Gasteiger partial charge in [0.2, 0.25) is 11.8 Å². The Morgan fingerprint density at radius 3 is 2.65 bits per heavy atom. The summed E-state index contributed by atoms with van der Waals surface area (Å²) in [5, 5.41) is 14.6. The molecule has 1 aliphatic carbocycles. The maximum absolute atomic E-state index is 13.3. The summed E-state index contributed by atoms with van der Waals surface area (Å²) in [5.41, 5.74) is 1.90. The molecule has 1 heterocycles. The maximum atomic E-state index is 13.3. The lowest BCUT2D eigenvalue weighted by Crippen LogP contribution is -2.14. The van der Waals surface area contributed by atoms with Gasteiger partial charge in [0.05, 0.1) is 16.5 Å². The van der Waals surface area contributed by atoms with Gasteiger partial charge in [-0.2, -0.15) is 0 Å². The van der Waals surface area contributed by atoms with Gasteiger partial charge >= 0.3 is 0 Å². The van der Waals surface area contributed by atoms with E-state index in [1.54, 1.807) is 6.07 Å². The third kappa shape index (κ3) is 5.23. The SMILES string of the molecule is CC(=O)Nc1cccc(-n2c(SCC(=O)Nc3ccc(F)c(Cl)c3)nnc2C2CC2)c1. The number of carbonyl (C=O) groups is 2. The second kappa shape index (κ2) is 9.07. The third-order valence-corrected chi connectivity index (χ3v) is 5.78. The smallest absolute Gasteiger partial charge is 0.234 e. The Morgan fingerprint density at radius 1 is 1.16 bits per heavy atom. The first-order chi connectivity index (χ1) is 14.9. The molecule has 10 heteroatoms. The fourth-order valence-electron chi connectivity index (χ4n) is 3.05. The summed E-state index contributed by atoms with van der Waals surface area (Å²) >= 11 is 7.01. The molecule has 0 bridgehead atoms. The average Bonchev–Trinajstić information content (AvgIpc) is 3.48. The minimum atomic E-state index is -0.545. The largest absolute Gasteiger partial charge is 0.326 e. The van der Waals surface area contributed by atoms with E-state index in [4.69, 9.17) is 11.6 Å². The molecule has 2 N–H and O–H groups in total. The van der Waals surface area contributed by atoms with Crippen LogP contribution in [0.25, 0.3) is 5.69 Å². The van der Waals surface area contributed by atoms with E-state index in [9.17, 15) is 14.0 Å². The predicted molar refractivity (Wildman–Crippen MR) is 118 cm³/mol. The van der Waals surface area contributed by atoms with Crippen molar-refractivity contribution in [2.75, 3.05) is 16.4 Å². The summed E-state index contributed by atoms with van der Waals surface area (Å²) in [6.07, 6.45) is 2.08. The minimum Gasteiger partial charge on any atom is -0.326 e. The first-order valence-corrected chi connectivity index (χ1v) is 11.0. The number of nitrogens with one attached hydrogen (secondary N) is 2. The fourth-order valence-corrected chi connectivity index (χ4v) is 3.99. The summed E-state index contributed by atoms with van der Waals surface area (Å²) in [6, 6.07) is 11.4. The van der Waals surface area contributed by atoms with Gasteiger partial charge in [-0.25, -0.2) is 4.39 Å². The molecule has 31 heavy (non-hydrogen) atoms. The molecule has 0 spiro atoms. The molecule has 1 fully saturated rings. The average molecular weight is 460 g/mol. The van der Waals surface area contributed by atoms with Crippen LogP contribution in [0, 0.1) is 5.82 Å². The van der Waals surface area contributed by atoms with Gasteiger partial charge in [0.15, 0.2) is 5.16 Å². The molecule has 2 amide bonds. The highest BCUT2D eigenvalue weighted by Gasteiger charge is 2.31.